The van der Waals surface area contributed by atoms with E-state index in [0.717, 1.165) is 30.6 Å². The van der Waals surface area contributed by atoms with Gasteiger partial charge in [0, 0.05) is 12.0 Å². The summed E-state index contributed by atoms with van der Waals surface area (Å²) >= 11 is 0. The van der Waals surface area contributed by atoms with Crippen molar-refractivity contribution in [1.82, 2.24) is 0 Å². The van der Waals surface area contributed by atoms with Crippen molar-refractivity contribution in [1.29, 1.82) is 0 Å². The van der Waals surface area contributed by atoms with Gasteiger partial charge in [0.2, 0.25) is 0 Å². The second-order valence-electron chi connectivity index (χ2n) is 12.0. The molecule has 1 fully saturated rings. The Morgan fingerprint density at radius 1 is 1.14 bits per heavy atom. The number of methoxy groups -OCH3 is 2. The highest BCUT2D eigenvalue weighted by Gasteiger charge is 2.43. The van der Waals surface area contributed by atoms with Crippen molar-refractivity contribution in [2.45, 2.75) is 84.7 Å². The van der Waals surface area contributed by atoms with E-state index >= 15 is 0 Å². The van der Waals surface area contributed by atoms with E-state index in [1.807, 2.05) is 30.3 Å². The van der Waals surface area contributed by atoms with Gasteiger partial charge in [-0.3, -0.25) is 0 Å². The fourth-order valence-electron chi connectivity index (χ4n) is 4.34. The number of carbonyl (C=O) groups excluding carboxylic acids is 1. The maximum absolute atomic E-state index is 11.5. The predicted octanol–water partition coefficient (Wildman–Crippen LogP) is 7.64. The first-order valence-corrected chi connectivity index (χ1v) is 16.2. The molecule has 0 bridgehead atoms. The third-order valence-corrected chi connectivity index (χ3v) is 12.6. The Balaban J connectivity index is 2.12. The predicted molar refractivity (Wildman–Crippen MR) is 154 cm³/mol. The molecule has 0 saturated heterocycles. The van der Waals surface area contributed by atoms with Crippen molar-refractivity contribution >= 4 is 14.3 Å². The van der Waals surface area contributed by atoms with E-state index in [9.17, 15) is 4.79 Å². The molecule has 0 unspecified atom stereocenters. The molecule has 0 radical (unpaired) electrons. The summed E-state index contributed by atoms with van der Waals surface area (Å²) in [7, 11) is 1.28. The first kappa shape index (κ1) is 31.1. The lowest BCUT2D eigenvalue weighted by Gasteiger charge is -2.36. The molecular weight excluding hydrogens is 480 g/mol. The van der Waals surface area contributed by atoms with Crippen LogP contribution in [-0.4, -0.2) is 41.2 Å². The molecule has 0 amide bonds. The molecule has 37 heavy (non-hydrogen) atoms. The zero-order valence-corrected chi connectivity index (χ0v) is 25.4. The monoisotopic (exact) mass is 528 g/mol. The molecule has 2 rings (SSSR count). The maximum Gasteiger partial charge on any atom is 0.330 e. The van der Waals surface area contributed by atoms with Crippen LogP contribution in [0.5, 0.6) is 5.75 Å². The highest BCUT2D eigenvalue weighted by Crippen LogP contribution is 2.48. The summed E-state index contributed by atoms with van der Waals surface area (Å²) < 4.78 is 22.9. The molecule has 206 valence electrons. The molecule has 0 spiro atoms. The van der Waals surface area contributed by atoms with Crippen LogP contribution < -0.4 is 4.74 Å². The minimum absolute atomic E-state index is 0.0540. The van der Waals surface area contributed by atoms with Crippen molar-refractivity contribution in [2.75, 3.05) is 20.8 Å². The number of ether oxygens (including phenoxy) is 3. The van der Waals surface area contributed by atoms with Crippen LogP contribution in [0.25, 0.3) is 0 Å². The zero-order chi connectivity index (χ0) is 27.7. The standard InChI is InChI=1S/C31H48O5Si/c1-24(22-36-37(8,9)30(2,3)4)18-20-31(5)21-19-28(27(31)12-10-11-13-29(32)34-7)35-23-25-14-16-26(33-6)17-15-25/h10-18,27-28H,19-23H2,1-9H3/b12-10+,13-11+,24-18-/t27-,28-,31-/m1/s1. The summed E-state index contributed by atoms with van der Waals surface area (Å²) in [6.07, 6.45) is 12.8. The van der Waals surface area contributed by atoms with E-state index in [2.05, 4.69) is 59.9 Å². The number of benzene rings is 1. The van der Waals surface area contributed by atoms with Gasteiger partial charge in [0.05, 0.1) is 33.5 Å². The van der Waals surface area contributed by atoms with E-state index in [4.69, 9.17) is 18.6 Å². The lowest BCUT2D eigenvalue weighted by molar-refractivity contribution is -0.134. The van der Waals surface area contributed by atoms with Gasteiger partial charge in [-0.25, -0.2) is 4.79 Å². The Kier molecular flexibility index (Phi) is 11.4. The lowest BCUT2D eigenvalue weighted by Crippen LogP contribution is -2.41. The molecule has 1 saturated carbocycles. The van der Waals surface area contributed by atoms with E-state index in [-0.39, 0.29) is 28.4 Å². The molecule has 0 N–H and O–H groups in total. The van der Waals surface area contributed by atoms with Gasteiger partial charge >= 0.3 is 5.97 Å². The fourth-order valence-corrected chi connectivity index (χ4v) is 5.36. The number of esters is 1. The SMILES string of the molecule is COC(=O)/C=C/C=C/[C@@H]1[C@H](OCc2ccc(OC)cc2)CC[C@@]1(C)C/C=C(/C)CO[Si](C)(C)C(C)(C)C. The summed E-state index contributed by atoms with van der Waals surface area (Å²) in [6, 6.07) is 8.02. The van der Waals surface area contributed by atoms with Crippen molar-refractivity contribution in [3.05, 3.63) is 65.8 Å². The Morgan fingerprint density at radius 3 is 2.41 bits per heavy atom. The molecule has 0 aromatic heterocycles. The second kappa shape index (κ2) is 13.6. The molecule has 6 heteroatoms. The highest BCUT2D eigenvalue weighted by atomic mass is 28.4. The Morgan fingerprint density at radius 2 is 1.81 bits per heavy atom. The molecule has 5 nitrogen and oxygen atoms in total. The normalized spacial score (nSPS) is 23.2. The van der Waals surface area contributed by atoms with Gasteiger partial charge < -0.3 is 18.6 Å². The zero-order valence-electron chi connectivity index (χ0n) is 24.4. The van der Waals surface area contributed by atoms with Crippen LogP contribution in [0.2, 0.25) is 18.1 Å². The molecule has 3 atom stereocenters. The van der Waals surface area contributed by atoms with E-state index < -0.39 is 8.32 Å². The van der Waals surface area contributed by atoms with Crippen LogP contribution in [0.1, 0.15) is 59.4 Å². The van der Waals surface area contributed by atoms with Crippen LogP contribution in [0.3, 0.4) is 0 Å². The third-order valence-electron chi connectivity index (χ3n) is 8.08. The molecule has 1 aromatic carbocycles. The van der Waals surface area contributed by atoms with Crippen molar-refractivity contribution in [2.24, 2.45) is 11.3 Å². The summed E-state index contributed by atoms with van der Waals surface area (Å²) in [5.74, 6) is 0.708. The van der Waals surface area contributed by atoms with Crippen molar-refractivity contribution in [3.8, 4) is 5.75 Å². The quantitative estimate of drug-likeness (QED) is 0.0917. The third kappa shape index (κ3) is 9.27. The average Bonchev–Trinajstić information content (AvgIpc) is 3.17. The number of hydrogen-bond donors (Lipinski definition) is 0. The Labute approximate surface area is 226 Å². The van der Waals surface area contributed by atoms with Crippen LogP contribution in [0.15, 0.2) is 60.2 Å². The molecule has 1 aromatic rings. The minimum Gasteiger partial charge on any atom is -0.497 e. The summed E-state index contributed by atoms with van der Waals surface area (Å²) in [4.78, 5) is 11.5. The number of hydrogen-bond acceptors (Lipinski definition) is 5. The van der Waals surface area contributed by atoms with Gasteiger partial charge in [-0.05, 0) is 67.4 Å². The summed E-state index contributed by atoms with van der Waals surface area (Å²) in [5, 5.41) is 0.201. The maximum atomic E-state index is 11.5. The Bertz CT molecular complexity index is 955. The molecule has 1 aliphatic rings. The van der Waals surface area contributed by atoms with Gasteiger partial charge in [-0.2, -0.15) is 0 Å². The molecular formula is C31H48O5Si. The molecule has 1 aliphatic carbocycles. The summed E-state index contributed by atoms with van der Waals surface area (Å²) in [6.45, 7) is 17.2. The number of allylic oxidation sites excluding steroid dienone is 3. The highest BCUT2D eigenvalue weighted by molar-refractivity contribution is 6.74. The Hall–Kier alpha value is -2.15. The van der Waals surface area contributed by atoms with Crippen molar-refractivity contribution < 1.29 is 23.4 Å². The fraction of sp³-hybridized carbons (Fsp3) is 0.581. The van der Waals surface area contributed by atoms with Crippen LogP contribution in [0.4, 0.5) is 0 Å². The van der Waals surface area contributed by atoms with Crippen molar-refractivity contribution in [3.63, 3.8) is 0 Å². The van der Waals surface area contributed by atoms with Gasteiger partial charge in [0.15, 0.2) is 8.32 Å². The van der Waals surface area contributed by atoms with Gasteiger partial charge in [0.1, 0.15) is 5.75 Å². The van der Waals surface area contributed by atoms with Gasteiger partial charge in [-0.1, -0.05) is 69.7 Å². The number of rotatable bonds is 12. The lowest BCUT2D eigenvalue weighted by atomic mass is 9.76. The van der Waals surface area contributed by atoms with Crippen LogP contribution in [-0.2, 0) is 25.3 Å². The topological polar surface area (TPSA) is 54.0 Å². The van der Waals surface area contributed by atoms with Crippen LogP contribution in [0, 0.1) is 11.3 Å². The minimum atomic E-state index is -1.78. The number of carbonyl (C=O) groups is 1. The smallest absolute Gasteiger partial charge is 0.330 e. The second-order valence-corrected chi connectivity index (χ2v) is 16.8. The summed E-state index contributed by atoms with van der Waals surface area (Å²) in [5.41, 5.74) is 2.46. The average molecular weight is 529 g/mol. The first-order chi connectivity index (χ1) is 17.3. The molecule has 0 aliphatic heterocycles. The largest absolute Gasteiger partial charge is 0.497 e. The van der Waals surface area contributed by atoms with E-state index in [0.29, 0.717) is 13.2 Å². The van der Waals surface area contributed by atoms with Crippen LogP contribution >= 0.6 is 0 Å². The molecule has 0 heterocycles. The first-order valence-electron chi connectivity index (χ1n) is 13.3. The van der Waals surface area contributed by atoms with E-state index in [1.54, 1.807) is 13.2 Å². The van der Waals surface area contributed by atoms with E-state index in [1.165, 1.54) is 18.8 Å². The van der Waals surface area contributed by atoms with Gasteiger partial charge in [0.25, 0.3) is 0 Å². The van der Waals surface area contributed by atoms with Gasteiger partial charge in [-0.15, -0.1) is 0 Å².